The molecule has 0 aliphatic rings. The van der Waals surface area contributed by atoms with E-state index in [0.717, 1.165) is 0 Å². The Hall–Kier alpha value is -2.66. The minimum absolute atomic E-state index is 0.0228. The summed E-state index contributed by atoms with van der Waals surface area (Å²) in [7, 11) is 0. The molecule has 21 heavy (non-hydrogen) atoms. The number of rotatable bonds is 5. The Morgan fingerprint density at radius 3 is 2.10 bits per heavy atom. The number of carboxylic acid groups (broad SMARTS) is 2. The zero-order valence-electron chi connectivity index (χ0n) is 11.1. The highest BCUT2D eigenvalue weighted by atomic mass is 16.4. The van der Waals surface area contributed by atoms with E-state index in [0.29, 0.717) is 16.7 Å². The van der Waals surface area contributed by atoms with E-state index in [1.807, 2.05) is 0 Å². The largest absolute Gasteiger partial charge is 0.478 e. The molecule has 3 N–H and O–H groups in total. The number of carboxylic acids is 2. The Kier molecular flexibility index (Phi) is 4.35. The van der Waals surface area contributed by atoms with Crippen molar-refractivity contribution in [2.24, 2.45) is 0 Å². The number of hydrogen-bond acceptors (Lipinski definition) is 3. The normalized spacial score (nSPS) is 10.3. The number of carbonyl (C=O) groups is 2. The lowest BCUT2D eigenvalue weighted by Gasteiger charge is -2.14. The van der Waals surface area contributed by atoms with Crippen molar-refractivity contribution in [3.63, 3.8) is 0 Å². The van der Waals surface area contributed by atoms with Crippen molar-refractivity contribution in [2.75, 3.05) is 6.61 Å². The molecular weight excluding hydrogens is 272 g/mol. The van der Waals surface area contributed by atoms with Crippen LogP contribution in [-0.4, -0.2) is 33.9 Å². The van der Waals surface area contributed by atoms with E-state index in [1.54, 1.807) is 30.3 Å². The summed E-state index contributed by atoms with van der Waals surface area (Å²) in [6.45, 7) is -0.148. The fraction of sp³-hybridized carbons (Fsp3) is 0.125. The standard InChI is InChI=1S/C16H14O5/c17-9-8-10-4-3-7-13(16(20)21)14(10)11-5-1-2-6-12(11)15(18)19/h1-7,17H,8-9H2,(H,18,19)(H,20,21). The minimum Gasteiger partial charge on any atom is -0.478 e. The number of aliphatic hydroxyl groups excluding tert-OH is 1. The SMILES string of the molecule is O=C(O)c1ccccc1-c1c(CCO)cccc1C(=O)O. The molecule has 5 heteroatoms. The lowest BCUT2D eigenvalue weighted by Crippen LogP contribution is -2.07. The van der Waals surface area contributed by atoms with Gasteiger partial charge in [-0.1, -0.05) is 30.3 Å². The fourth-order valence-corrected chi connectivity index (χ4v) is 2.31. The van der Waals surface area contributed by atoms with Crippen LogP contribution in [-0.2, 0) is 6.42 Å². The van der Waals surface area contributed by atoms with Crippen LogP contribution in [0.4, 0.5) is 0 Å². The Bertz CT molecular complexity index is 691. The van der Waals surface area contributed by atoms with Crippen LogP contribution >= 0.6 is 0 Å². The summed E-state index contributed by atoms with van der Waals surface area (Å²) in [5, 5.41) is 27.8. The second kappa shape index (κ2) is 6.19. The van der Waals surface area contributed by atoms with Crippen molar-refractivity contribution >= 4 is 11.9 Å². The second-order valence-corrected chi connectivity index (χ2v) is 4.47. The zero-order chi connectivity index (χ0) is 15.4. The monoisotopic (exact) mass is 286 g/mol. The zero-order valence-corrected chi connectivity index (χ0v) is 11.1. The van der Waals surface area contributed by atoms with Crippen LogP contribution in [0.15, 0.2) is 42.5 Å². The summed E-state index contributed by atoms with van der Waals surface area (Å²) in [6.07, 6.45) is 0.254. The summed E-state index contributed by atoms with van der Waals surface area (Å²) >= 11 is 0. The summed E-state index contributed by atoms with van der Waals surface area (Å²) < 4.78 is 0. The average molecular weight is 286 g/mol. The molecule has 0 aromatic heterocycles. The lowest BCUT2D eigenvalue weighted by atomic mass is 9.90. The Morgan fingerprint density at radius 1 is 0.857 bits per heavy atom. The summed E-state index contributed by atoms with van der Waals surface area (Å²) in [5.74, 6) is -2.26. The molecule has 0 radical (unpaired) electrons. The van der Waals surface area contributed by atoms with Crippen LogP contribution in [0.2, 0.25) is 0 Å². The van der Waals surface area contributed by atoms with Gasteiger partial charge in [-0.3, -0.25) is 0 Å². The van der Waals surface area contributed by atoms with E-state index in [-0.39, 0.29) is 24.2 Å². The van der Waals surface area contributed by atoms with Crippen molar-refractivity contribution in [2.45, 2.75) is 6.42 Å². The fourth-order valence-electron chi connectivity index (χ4n) is 2.31. The molecule has 0 atom stereocenters. The first-order chi connectivity index (χ1) is 10.1. The molecule has 0 bridgehead atoms. The van der Waals surface area contributed by atoms with Crippen LogP contribution in [0.5, 0.6) is 0 Å². The maximum atomic E-state index is 11.4. The maximum Gasteiger partial charge on any atom is 0.336 e. The van der Waals surface area contributed by atoms with Gasteiger partial charge < -0.3 is 15.3 Å². The van der Waals surface area contributed by atoms with Gasteiger partial charge in [0.1, 0.15) is 0 Å². The topological polar surface area (TPSA) is 94.8 Å². The molecule has 5 nitrogen and oxygen atoms in total. The van der Waals surface area contributed by atoms with E-state index in [1.165, 1.54) is 12.1 Å². The van der Waals surface area contributed by atoms with E-state index < -0.39 is 11.9 Å². The highest BCUT2D eigenvalue weighted by Gasteiger charge is 2.20. The van der Waals surface area contributed by atoms with Gasteiger partial charge in [0.15, 0.2) is 0 Å². The van der Waals surface area contributed by atoms with Gasteiger partial charge in [-0.15, -0.1) is 0 Å². The van der Waals surface area contributed by atoms with Gasteiger partial charge in [-0.05, 0) is 29.7 Å². The first-order valence-corrected chi connectivity index (χ1v) is 6.35. The third-order valence-electron chi connectivity index (χ3n) is 3.19. The van der Waals surface area contributed by atoms with Gasteiger partial charge in [-0.2, -0.15) is 0 Å². The third kappa shape index (κ3) is 2.93. The van der Waals surface area contributed by atoms with Crippen LogP contribution in [0.25, 0.3) is 11.1 Å². The molecule has 0 amide bonds. The predicted octanol–water partition coefficient (Wildman–Crippen LogP) is 2.28. The Balaban J connectivity index is 2.78. The van der Waals surface area contributed by atoms with Crippen LogP contribution < -0.4 is 0 Å². The van der Waals surface area contributed by atoms with Gasteiger partial charge in [0.2, 0.25) is 0 Å². The smallest absolute Gasteiger partial charge is 0.336 e. The van der Waals surface area contributed by atoms with Gasteiger partial charge in [0, 0.05) is 12.2 Å². The molecule has 2 rings (SSSR count). The van der Waals surface area contributed by atoms with Gasteiger partial charge in [0.25, 0.3) is 0 Å². The molecule has 2 aromatic carbocycles. The first-order valence-electron chi connectivity index (χ1n) is 6.35. The summed E-state index contributed by atoms with van der Waals surface area (Å²) in [4.78, 5) is 22.8. The molecule has 0 fully saturated rings. The van der Waals surface area contributed by atoms with E-state index in [4.69, 9.17) is 5.11 Å². The van der Waals surface area contributed by atoms with Gasteiger partial charge in [0.05, 0.1) is 11.1 Å². The second-order valence-electron chi connectivity index (χ2n) is 4.47. The van der Waals surface area contributed by atoms with Crippen molar-refractivity contribution in [1.82, 2.24) is 0 Å². The van der Waals surface area contributed by atoms with Crippen molar-refractivity contribution in [3.05, 3.63) is 59.2 Å². The molecule has 0 aliphatic carbocycles. The van der Waals surface area contributed by atoms with Crippen LogP contribution in [0.3, 0.4) is 0 Å². The third-order valence-corrected chi connectivity index (χ3v) is 3.19. The number of hydrogen-bond donors (Lipinski definition) is 3. The molecule has 0 saturated carbocycles. The molecule has 0 aliphatic heterocycles. The minimum atomic E-state index is -1.13. The first kappa shape index (κ1) is 14.7. The van der Waals surface area contributed by atoms with E-state index in [9.17, 15) is 19.8 Å². The van der Waals surface area contributed by atoms with Crippen molar-refractivity contribution in [3.8, 4) is 11.1 Å². The molecule has 0 saturated heterocycles. The number of aliphatic hydroxyl groups is 1. The van der Waals surface area contributed by atoms with Crippen molar-refractivity contribution in [1.29, 1.82) is 0 Å². The predicted molar refractivity (Wildman–Crippen MR) is 76.6 cm³/mol. The van der Waals surface area contributed by atoms with Gasteiger partial charge in [-0.25, -0.2) is 9.59 Å². The van der Waals surface area contributed by atoms with Gasteiger partial charge >= 0.3 is 11.9 Å². The van der Waals surface area contributed by atoms with Crippen LogP contribution in [0, 0.1) is 0 Å². The molecule has 0 spiro atoms. The number of benzene rings is 2. The van der Waals surface area contributed by atoms with E-state index >= 15 is 0 Å². The number of aromatic carboxylic acids is 2. The highest BCUT2D eigenvalue weighted by Crippen LogP contribution is 2.31. The Labute approximate surface area is 121 Å². The molecule has 108 valence electrons. The quantitative estimate of drug-likeness (QED) is 0.783. The highest BCUT2D eigenvalue weighted by molar-refractivity contribution is 6.02. The molecular formula is C16H14O5. The Morgan fingerprint density at radius 2 is 1.48 bits per heavy atom. The maximum absolute atomic E-state index is 11.4. The molecule has 0 heterocycles. The average Bonchev–Trinajstić information content (AvgIpc) is 2.47. The van der Waals surface area contributed by atoms with E-state index in [2.05, 4.69) is 0 Å². The molecule has 2 aromatic rings. The van der Waals surface area contributed by atoms with Crippen LogP contribution in [0.1, 0.15) is 26.3 Å². The summed E-state index contributed by atoms with van der Waals surface area (Å²) in [5.41, 5.74) is 1.34. The van der Waals surface area contributed by atoms with Crippen molar-refractivity contribution < 1.29 is 24.9 Å². The lowest BCUT2D eigenvalue weighted by molar-refractivity contribution is 0.0684. The molecule has 0 unspecified atom stereocenters. The summed E-state index contributed by atoms with van der Waals surface area (Å²) in [6, 6.07) is 10.9.